The number of likely N-dealkylation sites (tertiary alicyclic amines) is 1. The summed E-state index contributed by atoms with van der Waals surface area (Å²) < 4.78 is 42.1. The van der Waals surface area contributed by atoms with Crippen molar-refractivity contribution in [3.8, 4) is 5.82 Å². The molecule has 4 rings (SSSR count). The minimum absolute atomic E-state index is 0.0750. The van der Waals surface area contributed by atoms with Crippen molar-refractivity contribution in [3.63, 3.8) is 0 Å². The lowest BCUT2D eigenvalue weighted by Crippen LogP contribution is -2.39. The SMILES string of the molecule is CC(C)c1c(C(=O)N2CCC(n3ccnc3)CC2)cnn1-c1ccc(C(F)(F)F)cn1. The molecule has 1 saturated heterocycles. The van der Waals surface area contributed by atoms with Gasteiger partial charge in [-0.25, -0.2) is 14.6 Å². The van der Waals surface area contributed by atoms with E-state index in [0.717, 1.165) is 25.1 Å². The van der Waals surface area contributed by atoms with Gasteiger partial charge in [0.2, 0.25) is 0 Å². The molecule has 31 heavy (non-hydrogen) atoms. The molecule has 0 spiro atoms. The van der Waals surface area contributed by atoms with Gasteiger partial charge in [0.15, 0.2) is 5.82 Å². The Hall–Kier alpha value is -3.17. The molecular formula is C21H23F3N6O. The van der Waals surface area contributed by atoms with Gasteiger partial charge in [0.1, 0.15) is 0 Å². The normalized spacial score (nSPS) is 15.6. The summed E-state index contributed by atoms with van der Waals surface area (Å²) in [6.45, 7) is 5.06. The van der Waals surface area contributed by atoms with Crippen molar-refractivity contribution in [3.05, 3.63) is 60.1 Å². The second-order valence-electron chi connectivity index (χ2n) is 7.95. The third kappa shape index (κ3) is 4.19. The van der Waals surface area contributed by atoms with Crippen LogP contribution in [0.5, 0.6) is 0 Å². The third-order valence-corrected chi connectivity index (χ3v) is 5.57. The first-order chi connectivity index (χ1) is 14.8. The first-order valence-corrected chi connectivity index (χ1v) is 10.1. The van der Waals surface area contributed by atoms with Gasteiger partial charge in [0.25, 0.3) is 5.91 Å². The Morgan fingerprint density at radius 3 is 2.45 bits per heavy atom. The van der Waals surface area contributed by atoms with Gasteiger partial charge in [0.05, 0.1) is 29.3 Å². The minimum Gasteiger partial charge on any atom is -0.338 e. The Morgan fingerprint density at radius 1 is 1.16 bits per heavy atom. The number of pyridine rings is 1. The molecule has 0 atom stereocenters. The van der Waals surface area contributed by atoms with E-state index in [-0.39, 0.29) is 17.6 Å². The summed E-state index contributed by atoms with van der Waals surface area (Å²) in [5, 5.41) is 4.28. The van der Waals surface area contributed by atoms with Crippen LogP contribution in [0.15, 0.2) is 43.2 Å². The molecule has 0 N–H and O–H groups in total. The second kappa shape index (κ2) is 8.16. The number of rotatable bonds is 4. The van der Waals surface area contributed by atoms with Gasteiger partial charge in [-0.1, -0.05) is 13.8 Å². The fourth-order valence-corrected chi connectivity index (χ4v) is 3.96. The fourth-order valence-electron chi connectivity index (χ4n) is 3.96. The summed E-state index contributed by atoms with van der Waals surface area (Å²) in [6, 6.07) is 2.55. The summed E-state index contributed by atoms with van der Waals surface area (Å²) in [5.74, 6) is 0.0505. The molecule has 7 nitrogen and oxygen atoms in total. The third-order valence-electron chi connectivity index (χ3n) is 5.57. The Balaban J connectivity index is 1.55. The maximum atomic E-state index is 13.2. The van der Waals surface area contributed by atoms with E-state index in [1.807, 2.05) is 20.0 Å². The second-order valence-corrected chi connectivity index (χ2v) is 7.95. The summed E-state index contributed by atoms with van der Waals surface area (Å²) in [4.78, 5) is 23.1. The van der Waals surface area contributed by atoms with Gasteiger partial charge in [-0.15, -0.1) is 0 Å². The predicted octanol–water partition coefficient (Wildman–Crippen LogP) is 4.08. The number of hydrogen-bond acceptors (Lipinski definition) is 4. The van der Waals surface area contributed by atoms with Gasteiger partial charge < -0.3 is 9.47 Å². The van der Waals surface area contributed by atoms with Gasteiger partial charge in [-0.2, -0.15) is 18.3 Å². The molecule has 3 aromatic heterocycles. The van der Waals surface area contributed by atoms with E-state index in [2.05, 4.69) is 19.6 Å². The zero-order valence-corrected chi connectivity index (χ0v) is 17.3. The summed E-state index contributed by atoms with van der Waals surface area (Å²) in [6.07, 6.45) is 4.93. The molecule has 0 aliphatic carbocycles. The highest BCUT2D eigenvalue weighted by Crippen LogP contribution is 2.30. The van der Waals surface area contributed by atoms with Crippen molar-refractivity contribution < 1.29 is 18.0 Å². The molecular weight excluding hydrogens is 409 g/mol. The molecule has 1 fully saturated rings. The number of imidazole rings is 1. The van der Waals surface area contributed by atoms with Crippen molar-refractivity contribution in [1.82, 2.24) is 29.2 Å². The van der Waals surface area contributed by atoms with Crippen LogP contribution in [0.25, 0.3) is 5.82 Å². The Bertz CT molecular complexity index is 1030. The Labute approximate surface area is 177 Å². The number of aromatic nitrogens is 5. The lowest BCUT2D eigenvalue weighted by molar-refractivity contribution is -0.137. The number of nitrogens with zero attached hydrogens (tertiary/aromatic N) is 6. The van der Waals surface area contributed by atoms with Gasteiger partial charge in [-0.3, -0.25) is 4.79 Å². The van der Waals surface area contributed by atoms with Crippen LogP contribution in [0.1, 0.15) is 60.3 Å². The average Bonchev–Trinajstić information content (AvgIpc) is 3.43. The molecule has 10 heteroatoms. The number of piperidine rings is 1. The van der Waals surface area contributed by atoms with E-state index >= 15 is 0 Å². The van der Waals surface area contributed by atoms with Gasteiger partial charge in [-0.05, 0) is 30.9 Å². The zero-order chi connectivity index (χ0) is 22.2. The maximum absolute atomic E-state index is 13.2. The molecule has 164 valence electrons. The van der Waals surface area contributed by atoms with Crippen LogP contribution in [0.4, 0.5) is 13.2 Å². The molecule has 1 aliphatic heterocycles. The zero-order valence-electron chi connectivity index (χ0n) is 17.3. The molecule has 0 radical (unpaired) electrons. The van der Waals surface area contributed by atoms with Crippen molar-refractivity contribution in [2.75, 3.05) is 13.1 Å². The Morgan fingerprint density at radius 2 is 1.90 bits per heavy atom. The summed E-state index contributed by atoms with van der Waals surface area (Å²) in [7, 11) is 0. The lowest BCUT2D eigenvalue weighted by Gasteiger charge is -2.32. The molecule has 1 amide bonds. The number of amides is 1. The van der Waals surface area contributed by atoms with Crippen LogP contribution >= 0.6 is 0 Å². The lowest BCUT2D eigenvalue weighted by atomic mass is 10.0. The standard InChI is InChI=1S/C21H23F3N6O/c1-14(2)19-17(12-27-30(19)18-4-3-15(11-26-18)21(22,23)24)20(31)28-8-5-16(6-9-28)29-10-7-25-13-29/h3-4,7,10-14,16H,5-6,8-9H2,1-2H3. The maximum Gasteiger partial charge on any atom is 0.417 e. The number of carbonyl (C=O) groups is 1. The molecule has 1 aliphatic rings. The van der Waals surface area contributed by atoms with Crippen LogP contribution in [0.2, 0.25) is 0 Å². The topological polar surface area (TPSA) is 68.8 Å². The molecule has 4 heterocycles. The van der Waals surface area contributed by atoms with E-state index in [0.29, 0.717) is 30.4 Å². The first kappa shape index (κ1) is 21.1. The highest BCUT2D eigenvalue weighted by molar-refractivity contribution is 5.95. The quantitative estimate of drug-likeness (QED) is 0.623. The molecule has 0 saturated carbocycles. The number of hydrogen-bond donors (Lipinski definition) is 0. The highest BCUT2D eigenvalue weighted by Gasteiger charge is 2.32. The molecule has 0 aromatic carbocycles. The fraction of sp³-hybridized carbons (Fsp3) is 0.429. The van der Waals surface area contributed by atoms with Crippen molar-refractivity contribution >= 4 is 5.91 Å². The van der Waals surface area contributed by atoms with Crippen molar-refractivity contribution in [2.45, 2.75) is 44.8 Å². The van der Waals surface area contributed by atoms with E-state index in [1.54, 1.807) is 17.4 Å². The minimum atomic E-state index is -4.46. The van der Waals surface area contributed by atoms with Crippen LogP contribution in [-0.2, 0) is 6.18 Å². The predicted molar refractivity (Wildman–Crippen MR) is 107 cm³/mol. The van der Waals surface area contributed by atoms with E-state index in [4.69, 9.17) is 0 Å². The van der Waals surface area contributed by atoms with Crippen LogP contribution in [0, 0.1) is 0 Å². The monoisotopic (exact) mass is 432 g/mol. The highest BCUT2D eigenvalue weighted by atomic mass is 19.4. The van der Waals surface area contributed by atoms with Gasteiger partial charge >= 0.3 is 6.18 Å². The molecule has 0 unspecified atom stereocenters. The van der Waals surface area contributed by atoms with Crippen molar-refractivity contribution in [1.29, 1.82) is 0 Å². The smallest absolute Gasteiger partial charge is 0.338 e. The summed E-state index contributed by atoms with van der Waals surface area (Å²) >= 11 is 0. The van der Waals surface area contributed by atoms with E-state index in [9.17, 15) is 18.0 Å². The van der Waals surface area contributed by atoms with Gasteiger partial charge in [0, 0.05) is 37.7 Å². The summed E-state index contributed by atoms with van der Waals surface area (Å²) in [5.41, 5.74) is 0.262. The molecule has 0 bridgehead atoms. The van der Waals surface area contributed by atoms with Crippen LogP contribution < -0.4 is 0 Å². The Kier molecular flexibility index (Phi) is 5.55. The van der Waals surface area contributed by atoms with Crippen LogP contribution in [0.3, 0.4) is 0 Å². The van der Waals surface area contributed by atoms with Crippen molar-refractivity contribution in [2.24, 2.45) is 0 Å². The average molecular weight is 432 g/mol. The van der Waals surface area contributed by atoms with E-state index < -0.39 is 11.7 Å². The molecule has 3 aromatic rings. The van der Waals surface area contributed by atoms with E-state index in [1.165, 1.54) is 16.9 Å². The number of carbonyl (C=O) groups excluding carboxylic acids is 1. The largest absolute Gasteiger partial charge is 0.417 e. The van der Waals surface area contributed by atoms with Crippen LogP contribution in [-0.4, -0.2) is 48.2 Å². The first-order valence-electron chi connectivity index (χ1n) is 10.1. The number of alkyl halides is 3. The number of halogens is 3.